The maximum Gasteiger partial charge on any atom is 0.222 e. The standard InChI is InChI=1S/C16H14N2O/c1-19-16-13-9-5-6-10-14(13)18-15(11-17-16)12-7-3-2-4-8-12/h2-11,18H,1H3. The first-order chi connectivity index (χ1) is 9.38. The summed E-state index contributed by atoms with van der Waals surface area (Å²) in [6, 6.07) is 18.1. The van der Waals surface area contributed by atoms with E-state index in [-0.39, 0.29) is 0 Å². The van der Waals surface area contributed by atoms with Gasteiger partial charge in [0, 0.05) is 0 Å². The molecular weight excluding hydrogens is 236 g/mol. The van der Waals surface area contributed by atoms with Gasteiger partial charge in [0.05, 0.1) is 30.3 Å². The summed E-state index contributed by atoms with van der Waals surface area (Å²) in [6.45, 7) is 0. The van der Waals surface area contributed by atoms with E-state index in [2.05, 4.69) is 22.4 Å². The summed E-state index contributed by atoms with van der Waals surface area (Å²) in [4.78, 5) is 4.41. The smallest absolute Gasteiger partial charge is 0.222 e. The molecule has 1 N–H and O–H groups in total. The molecule has 0 spiro atoms. The third-order valence-electron chi connectivity index (χ3n) is 3.02. The van der Waals surface area contributed by atoms with Crippen molar-refractivity contribution in [3.63, 3.8) is 0 Å². The molecule has 0 fully saturated rings. The van der Waals surface area contributed by atoms with Crippen LogP contribution in [0.15, 0.2) is 65.8 Å². The second-order valence-electron chi connectivity index (χ2n) is 4.22. The first-order valence-corrected chi connectivity index (χ1v) is 6.12. The van der Waals surface area contributed by atoms with Gasteiger partial charge in [0.2, 0.25) is 5.90 Å². The number of nitrogens with zero attached hydrogens (tertiary/aromatic N) is 1. The normalized spacial score (nSPS) is 13.5. The molecule has 19 heavy (non-hydrogen) atoms. The SMILES string of the molecule is COC1=NC=C(c2ccccc2)Nc2ccccc21. The maximum absolute atomic E-state index is 5.35. The second-order valence-corrected chi connectivity index (χ2v) is 4.22. The Labute approximate surface area is 112 Å². The Morgan fingerprint density at radius 1 is 0.947 bits per heavy atom. The van der Waals surface area contributed by atoms with E-state index in [1.165, 1.54) is 0 Å². The van der Waals surface area contributed by atoms with E-state index in [4.69, 9.17) is 4.74 Å². The van der Waals surface area contributed by atoms with E-state index in [0.717, 1.165) is 22.5 Å². The van der Waals surface area contributed by atoms with Crippen molar-refractivity contribution in [2.45, 2.75) is 0 Å². The van der Waals surface area contributed by atoms with Gasteiger partial charge >= 0.3 is 0 Å². The maximum atomic E-state index is 5.35. The number of rotatable bonds is 1. The number of ether oxygens (including phenoxy) is 1. The number of fused-ring (bicyclic) bond motifs is 1. The molecule has 0 saturated heterocycles. The largest absolute Gasteiger partial charge is 0.481 e. The highest BCUT2D eigenvalue weighted by Gasteiger charge is 2.14. The van der Waals surface area contributed by atoms with Gasteiger partial charge in [-0.15, -0.1) is 0 Å². The van der Waals surface area contributed by atoms with Gasteiger partial charge in [-0.3, -0.25) is 0 Å². The monoisotopic (exact) mass is 250 g/mol. The average molecular weight is 250 g/mol. The van der Waals surface area contributed by atoms with Crippen molar-refractivity contribution < 1.29 is 4.74 Å². The second kappa shape index (κ2) is 4.98. The number of benzene rings is 2. The van der Waals surface area contributed by atoms with Crippen LogP contribution >= 0.6 is 0 Å². The summed E-state index contributed by atoms with van der Waals surface area (Å²) in [7, 11) is 1.64. The summed E-state index contributed by atoms with van der Waals surface area (Å²) in [5.41, 5.74) is 4.02. The molecule has 0 saturated carbocycles. The Kier molecular flexibility index (Phi) is 3.02. The number of aliphatic imine (C=N–C) groups is 1. The van der Waals surface area contributed by atoms with Crippen molar-refractivity contribution in [3.8, 4) is 0 Å². The number of hydrogen-bond donors (Lipinski definition) is 1. The summed E-state index contributed by atoms with van der Waals surface area (Å²) >= 11 is 0. The molecule has 0 unspecified atom stereocenters. The van der Waals surface area contributed by atoms with Crippen LogP contribution in [0.3, 0.4) is 0 Å². The molecule has 2 aromatic carbocycles. The third-order valence-corrected chi connectivity index (χ3v) is 3.02. The summed E-state index contributed by atoms with van der Waals surface area (Å²) in [5.74, 6) is 0.619. The Morgan fingerprint density at radius 3 is 2.47 bits per heavy atom. The molecule has 1 heterocycles. The molecule has 0 bridgehead atoms. The molecule has 1 aliphatic heterocycles. The summed E-state index contributed by atoms with van der Waals surface area (Å²) < 4.78 is 5.35. The van der Waals surface area contributed by atoms with E-state index in [0.29, 0.717) is 5.90 Å². The van der Waals surface area contributed by atoms with E-state index in [9.17, 15) is 0 Å². The van der Waals surface area contributed by atoms with Crippen LogP contribution in [-0.2, 0) is 4.74 Å². The highest BCUT2D eigenvalue weighted by atomic mass is 16.5. The number of anilines is 1. The molecule has 3 nitrogen and oxygen atoms in total. The van der Waals surface area contributed by atoms with Gasteiger partial charge < -0.3 is 10.1 Å². The zero-order valence-electron chi connectivity index (χ0n) is 10.6. The van der Waals surface area contributed by atoms with E-state index < -0.39 is 0 Å². The van der Waals surface area contributed by atoms with Gasteiger partial charge in [0.1, 0.15) is 0 Å². The predicted octanol–water partition coefficient (Wildman–Crippen LogP) is 3.50. The average Bonchev–Trinajstić information content (AvgIpc) is 2.67. The van der Waals surface area contributed by atoms with Gasteiger partial charge in [-0.2, -0.15) is 0 Å². The number of para-hydroxylation sites is 1. The van der Waals surface area contributed by atoms with Crippen LogP contribution in [0.1, 0.15) is 11.1 Å². The first kappa shape index (κ1) is 11.5. The number of hydrogen-bond acceptors (Lipinski definition) is 3. The lowest BCUT2D eigenvalue weighted by atomic mass is 10.1. The molecular formula is C16H14N2O. The Bertz CT molecular complexity index is 645. The van der Waals surface area contributed by atoms with Crippen molar-refractivity contribution in [1.82, 2.24) is 0 Å². The van der Waals surface area contributed by atoms with Crippen LogP contribution < -0.4 is 5.32 Å². The number of nitrogens with one attached hydrogen (secondary N) is 1. The van der Waals surface area contributed by atoms with Crippen molar-refractivity contribution in [2.75, 3.05) is 12.4 Å². The van der Waals surface area contributed by atoms with Gasteiger partial charge in [-0.1, -0.05) is 42.5 Å². The van der Waals surface area contributed by atoms with E-state index in [1.807, 2.05) is 42.5 Å². The molecule has 0 atom stereocenters. The molecule has 2 aromatic rings. The van der Waals surface area contributed by atoms with Crippen LogP contribution in [0.2, 0.25) is 0 Å². The Hall–Kier alpha value is -2.55. The lowest BCUT2D eigenvalue weighted by Crippen LogP contribution is -2.05. The summed E-state index contributed by atoms with van der Waals surface area (Å²) in [5, 5.41) is 3.41. The number of methoxy groups -OCH3 is 1. The van der Waals surface area contributed by atoms with Crippen molar-refractivity contribution in [2.24, 2.45) is 4.99 Å². The topological polar surface area (TPSA) is 33.6 Å². The minimum atomic E-state index is 0.619. The zero-order valence-corrected chi connectivity index (χ0v) is 10.6. The highest BCUT2D eigenvalue weighted by molar-refractivity contribution is 6.03. The van der Waals surface area contributed by atoms with Crippen LogP contribution in [-0.4, -0.2) is 13.0 Å². The fraction of sp³-hybridized carbons (Fsp3) is 0.0625. The Morgan fingerprint density at radius 2 is 1.68 bits per heavy atom. The summed E-state index contributed by atoms with van der Waals surface area (Å²) in [6.07, 6.45) is 1.80. The molecule has 3 rings (SSSR count). The quantitative estimate of drug-likeness (QED) is 0.840. The molecule has 94 valence electrons. The van der Waals surface area contributed by atoms with Crippen molar-refractivity contribution in [3.05, 3.63) is 71.9 Å². The van der Waals surface area contributed by atoms with E-state index in [1.54, 1.807) is 13.3 Å². The molecule has 3 heteroatoms. The Balaban J connectivity index is 2.08. The molecule has 0 radical (unpaired) electrons. The van der Waals surface area contributed by atoms with Crippen LogP contribution in [0.4, 0.5) is 5.69 Å². The van der Waals surface area contributed by atoms with Gasteiger partial charge in [0.15, 0.2) is 0 Å². The van der Waals surface area contributed by atoms with E-state index >= 15 is 0 Å². The van der Waals surface area contributed by atoms with Crippen molar-refractivity contribution in [1.29, 1.82) is 0 Å². The van der Waals surface area contributed by atoms with Crippen molar-refractivity contribution >= 4 is 17.3 Å². The van der Waals surface area contributed by atoms with Gasteiger partial charge in [0.25, 0.3) is 0 Å². The zero-order chi connectivity index (χ0) is 13.1. The third kappa shape index (κ3) is 2.22. The molecule has 1 aliphatic rings. The van der Waals surface area contributed by atoms with Crippen LogP contribution in [0, 0.1) is 0 Å². The molecule has 0 aliphatic carbocycles. The van der Waals surface area contributed by atoms with Crippen LogP contribution in [0.5, 0.6) is 0 Å². The minimum absolute atomic E-state index is 0.619. The van der Waals surface area contributed by atoms with Gasteiger partial charge in [-0.05, 0) is 17.7 Å². The molecule has 0 aromatic heterocycles. The molecule has 0 amide bonds. The lowest BCUT2D eigenvalue weighted by molar-refractivity contribution is 0.405. The lowest BCUT2D eigenvalue weighted by Gasteiger charge is -2.11. The van der Waals surface area contributed by atoms with Gasteiger partial charge in [-0.25, -0.2) is 4.99 Å². The fourth-order valence-electron chi connectivity index (χ4n) is 2.08. The minimum Gasteiger partial charge on any atom is -0.481 e. The predicted molar refractivity (Wildman–Crippen MR) is 78.0 cm³/mol. The first-order valence-electron chi connectivity index (χ1n) is 6.12. The highest BCUT2D eigenvalue weighted by Crippen LogP contribution is 2.25. The fourth-order valence-corrected chi connectivity index (χ4v) is 2.08. The van der Waals surface area contributed by atoms with Crippen LogP contribution in [0.25, 0.3) is 5.70 Å².